The number of nitrogens with zero attached hydrogens (tertiary/aromatic N) is 2. The van der Waals surface area contributed by atoms with Gasteiger partial charge in [0.2, 0.25) is 0 Å². The Morgan fingerprint density at radius 2 is 1.62 bits per heavy atom. The van der Waals surface area contributed by atoms with Crippen molar-refractivity contribution in [3.8, 4) is 0 Å². The predicted octanol–water partition coefficient (Wildman–Crippen LogP) is 3.34. The Morgan fingerprint density at radius 1 is 0.905 bits per heavy atom. The molecule has 0 bridgehead atoms. The second-order valence-corrected chi connectivity index (χ2v) is 6.81. The zero-order valence-corrected chi connectivity index (χ0v) is 14.0. The zero-order valence-electron chi connectivity index (χ0n) is 10.9. The van der Waals surface area contributed by atoms with Gasteiger partial charge in [0.15, 0.2) is 0 Å². The molecule has 2 heterocycles. The second kappa shape index (κ2) is 4.18. The number of hydrogen-bond acceptors (Lipinski definition) is 2. The summed E-state index contributed by atoms with van der Waals surface area (Å²) in [5.41, 5.74) is 1.86. The summed E-state index contributed by atoms with van der Waals surface area (Å²) >= 11 is 6.86. The Morgan fingerprint density at radius 3 is 2.38 bits per heavy atom. The monoisotopic (exact) mass is 406 g/mol. The molecule has 0 saturated carbocycles. The van der Waals surface area contributed by atoms with E-state index >= 15 is 0 Å². The second-order valence-electron chi connectivity index (χ2n) is 5.04. The van der Waals surface area contributed by atoms with Crippen LogP contribution in [0.15, 0.2) is 48.9 Å². The molecule has 0 spiro atoms. The van der Waals surface area contributed by atoms with E-state index in [0.29, 0.717) is 16.3 Å². The van der Waals surface area contributed by atoms with Crippen molar-refractivity contribution in [1.29, 1.82) is 0 Å². The fourth-order valence-electron chi connectivity index (χ4n) is 2.78. The van der Waals surface area contributed by atoms with Crippen LogP contribution in [-0.4, -0.2) is 9.03 Å². The normalized spacial score (nSPS) is 12.0. The van der Waals surface area contributed by atoms with Crippen molar-refractivity contribution < 1.29 is 0 Å². The molecule has 0 radical (unpaired) electrons. The molecule has 0 aliphatic heterocycles. The van der Waals surface area contributed by atoms with E-state index in [4.69, 9.17) is 0 Å². The summed E-state index contributed by atoms with van der Waals surface area (Å²) in [7, 11) is 0. The summed E-state index contributed by atoms with van der Waals surface area (Å²) in [6.45, 7) is 1.93. The summed E-state index contributed by atoms with van der Waals surface area (Å²) in [4.78, 5) is 25.1. The van der Waals surface area contributed by atoms with Crippen molar-refractivity contribution in [2.24, 2.45) is 0 Å². The fraction of sp³-hybridized carbons (Fsp3) is 0.0667. The van der Waals surface area contributed by atoms with E-state index < -0.39 is 0 Å². The molecular weight excluding hydrogens is 400 g/mol. The number of rotatable bonds is 0. The summed E-state index contributed by atoms with van der Waals surface area (Å²) in [5, 5.41) is 1.07. The molecule has 6 heteroatoms. The minimum Gasteiger partial charge on any atom is -0.267 e. The molecule has 2 aromatic carbocycles. The SMILES string of the molecule is Cc1ccc2c(c1)c(=O)n1c(=O)c3cc(Br)cc(Br)c3n21. The Balaban J connectivity index is 2.46. The van der Waals surface area contributed by atoms with Crippen LogP contribution in [0.25, 0.3) is 21.8 Å². The highest BCUT2D eigenvalue weighted by Crippen LogP contribution is 2.28. The van der Waals surface area contributed by atoms with E-state index in [-0.39, 0.29) is 11.1 Å². The first-order valence-corrected chi connectivity index (χ1v) is 7.86. The lowest BCUT2D eigenvalue weighted by molar-refractivity contribution is 0.840. The van der Waals surface area contributed by atoms with Crippen LogP contribution in [0.4, 0.5) is 0 Å². The summed E-state index contributed by atoms with van der Waals surface area (Å²) in [5.74, 6) is 0. The van der Waals surface area contributed by atoms with Crippen LogP contribution in [0.5, 0.6) is 0 Å². The van der Waals surface area contributed by atoms with Crippen LogP contribution in [-0.2, 0) is 0 Å². The van der Waals surface area contributed by atoms with Crippen LogP contribution >= 0.6 is 31.9 Å². The zero-order chi connectivity index (χ0) is 14.9. The quantitative estimate of drug-likeness (QED) is 0.448. The third-order valence-corrected chi connectivity index (χ3v) is 4.73. The third kappa shape index (κ3) is 1.60. The summed E-state index contributed by atoms with van der Waals surface area (Å²) < 4.78 is 4.45. The first-order chi connectivity index (χ1) is 9.99. The standard InChI is InChI=1S/C15H8Br2N2O2/c1-7-2-3-12-9(4-7)14(20)19-15(21)10-5-8(16)6-11(17)13(10)18(12)19/h2-6H,1H3. The van der Waals surface area contributed by atoms with Gasteiger partial charge in [0.1, 0.15) is 0 Å². The lowest BCUT2D eigenvalue weighted by Gasteiger charge is -1.99. The lowest BCUT2D eigenvalue weighted by Crippen LogP contribution is -2.21. The van der Waals surface area contributed by atoms with Crippen LogP contribution in [0.2, 0.25) is 0 Å². The molecule has 0 unspecified atom stereocenters. The molecular formula is C15H8Br2N2O2. The van der Waals surface area contributed by atoms with Gasteiger partial charge in [-0.3, -0.25) is 9.59 Å². The van der Waals surface area contributed by atoms with Crippen LogP contribution in [0, 0.1) is 6.92 Å². The minimum atomic E-state index is -0.300. The van der Waals surface area contributed by atoms with Crippen molar-refractivity contribution >= 4 is 53.7 Å². The predicted molar refractivity (Wildman–Crippen MR) is 89.7 cm³/mol. The maximum atomic E-state index is 12.6. The summed E-state index contributed by atoms with van der Waals surface area (Å²) in [6.07, 6.45) is 0. The molecule has 0 aliphatic carbocycles. The number of aryl methyl sites for hydroxylation is 1. The summed E-state index contributed by atoms with van der Waals surface area (Å²) in [6, 6.07) is 9.23. The molecule has 0 aliphatic rings. The van der Waals surface area contributed by atoms with Gasteiger partial charge >= 0.3 is 0 Å². The number of halogens is 2. The molecule has 4 nitrogen and oxygen atoms in total. The molecule has 2 aromatic heterocycles. The molecule has 21 heavy (non-hydrogen) atoms. The highest BCUT2D eigenvalue weighted by molar-refractivity contribution is 9.11. The van der Waals surface area contributed by atoms with E-state index in [1.165, 1.54) is 4.52 Å². The first kappa shape index (κ1) is 13.0. The lowest BCUT2D eigenvalue weighted by atomic mass is 10.2. The van der Waals surface area contributed by atoms with Crippen LogP contribution in [0.3, 0.4) is 0 Å². The molecule has 0 saturated heterocycles. The van der Waals surface area contributed by atoms with Gasteiger partial charge in [-0.05, 0) is 47.1 Å². The van der Waals surface area contributed by atoms with Gasteiger partial charge in [0.05, 0.1) is 21.8 Å². The van der Waals surface area contributed by atoms with E-state index in [1.54, 1.807) is 10.6 Å². The van der Waals surface area contributed by atoms with Gasteiger partial charge < -0.3 is 0 Å². The number of hydrogen-bond donors (Lipinski definition) is 0. The molecule has 104 valence electrons. The van der Waals surface area contributed by atoms with Gasteiger partial charge in [-0.15, -0.1) is 0 Å². The van der Waals surface area contributed by atoms with Crippen molar-refractivity contribution in [3.05, 3.63) is 65.5 Å². The van der Waals surface area contributed by atoms with E-state index in [0.717, 1.165) is 20.0 Å². The third-order valence-electron chi connectivity index (χ3n) is 3.67. The van der Waals surface area contributed by atoms with Gasteiger partial charge in [-0.2, -0.15) is 4.52 Å². The maximum Gasteiger partial charge on any atom is 0.282 e. The molecule has 0 N–H and O–H groups in total. The molecule has 0 atom stereocenters. The first-order valence-electron chi connectivity index (χ1n) is 6.27. The van der Waals surface area contributed by atoms with E-state index in [9.17, 15) is 9.59 Å². The van der Waals surface area contributed by atoms with Gasteiger partial charge in [-0.25, -0.2) is 4.52 Å². The largest absolute Gasteiger partial charge is 0.282 e. The van der Waals surface area contributed by atoms with Gasteiger partial charge in [-0.1, -0.05) is 27.6 Å². The molecule has 4 rings (SSSR count). The van der Waals surface area contributed by atoms with E-state index in [1.807, 2.05) is 31.2 Å². The average molecular weight is 408 g/mol. The van der Waals surface area contributed by atoms with Crippen LogP contribution in [0.1, 0.15) is 5.56 Å². The van der Waals surface area contributed by atoms with Crippen LogP contribution < -0.4 is 11.1 Å². The van der Waals surface area contributed by atoms with Crippen molar-refractivity contribution in [2.75, 3.05) is 0 Å². The molecule has 4 aromatic rings. The smallest absolute Gasteiger partial charge is 0.267 e. The number of benzene rings is 2. The molecule has 0 fully saturated rings. The topological polar surface area (TPSA) is 43.0 Å². The van der Waals surface area contributed by atoms with Crippen molar-refractivity contribution in [1.82, 2.24) is 9.03 Å². The van der Waals surface area contributed by atoms with Crippen molar-refractivity contribution in [2.45, 2.75) is 6.92 Å². The highest BCUT2D eigenvalue weighted by Gasteiger charge is 2.19. The Labute approximate surface area is 135 Å². The highest BCUT2D eigenvalue weighted by atomic mass is 79.9. The van der Waals surface area contributed by atoms with Gasteiger partial charge in [0, 0.05) is 8.95 Å². The Bertz CT molecular complexity index is 1160. The number of aromatic nitrogens is 2. The Hall–Kier alpha value is -1.66. The Kier molecular flexibility index (Phi) is 2.59. The fourth-order valence-corrected chi connectivity index (χ4v) is 4.17. The maximum absolute atomic E-state index is 12.6. The minimum absolute atomic E-state index is 0.280. The number of fused-ring (bicyclic) bond motifs is 5. The average Bonchev–Trinajstić information content (AvgIpc) is 2.86. The van der Waals surface area contributed by atoms with Gasteiger partial charge in [0.25, 0.3) is 11.1 Å². The van der Waals surface area contributed by atoms with E-state index in [2.05, 4.69) is 31.9 Å². The van der Waals surface area contributed by atoms with Crippen molar-refractivity contribution in [3.63, 3.8) is 0 Å². The molecule has 0 amide bonds.